The van der Waals surface area contributed by atoms with E-state index in [1.165, 1.54) is 11.3 Å². The van der Waals surface area contributed by atoms with Crippen molar-refractivity contribution in [1.29, 1.82) is 0 Å². The second-order valence-electron chi connectivity index (χ2n) is 5.61. The largest absolute Gasteiger partial charge is 0.378 e. The smallest absolute Gasteiger partial charge is 0.169 e. The van der Waals surface area contributed by atoms with E-state index in [2.05, 4.69) is 57.4 Å². The lowest BCUT2D eigenvalue weighted by molar-refractivity contribution is 0.399. The summed E-state index contributed by atoms with van der Waals surface area (Å²) in [5.41, 5.74) is 3.58. The molecule has 23 heavy (non-hydrogen) atoms. The van der Waals surface area contributed by atoms with Crippen LogP contribution in [-0.2, 0) is 13.1 Å². The second-order valence-corrected chi connectivity index (χ2v) is 6.00. The number of anilines is 1. The lowest BCUT2D eigenvalue weighted by atomic mass is 10.1. The van der Waals surface area contributed by atoms with Gasteiger partial charge in [-0.3, -0.25) is 4.98 Å². The summed E-state index contributed by atoms with van der Waals surface area (Å²) < 4.78 is 0. The van der Waals surface area contributed by atoms with E-state index in [9.17, 15) is 0 Å². The minimum absolute atomic E-state index is 0.745. The van der Waals surface area contributed by atoms with Crippen LogP contribution in [-0.4, -0.2) is 35.6 Å². The predicted molar refractivity (Wildman–Crippen MR) is 101 cm³/mol. The number of hydrogen-bond acceptors (Lipinski definition) is 3. The fourth-order valence-electron chi connectivity index (χ4n) is 2.29. The molecule has 0 unspecified atom stereocenters. The van der Waals surface area contributed by atoms with E-state index < -0.39 is 0 Å². The molecule has 0 saturated carbocycles. The standard InChI is InChI=1S/C18H24N4S/c1-4-20-18(23)22(14-16-6-5-11-19-12-16)13-15-7-9-17(10-8-15)21(2)3/h5-12H,4,13-14H2,1-3H3,(H,20,23). The molecule has 0 spiro atoms. The lowest BCUT2D eigenvalue weighted by Gasteiger charge is -2.26. The van der Waals surface area contributed by atoms with Crippen molar-refractivity contribution in [2.75, 3.05) is 25.5 Å². The third kappa shape index (κ3) is 5.21. The van der Waals surface area contributed by atoms with E-state index in [1.54, 1.807) is 6.20 Å². The maximum atomic E-state index is 5.53. The van der Waals surface area contributed by atoms with Gasteiger partial charge in [0.05, 0.1) is 0 Å². The number of pyridine rings is 1. The van der Waals surface area contributed by atoms with Gasteiger partial charge in [0.1, 0.15) is 0 Å². The van der Waals surface area contributed by atoms with E-state index in [-0.39, 0.29) is 0 Å². The highest BCUT2D eigenvalue weighted by Gasteiger charge is 2.11. The maximum Gasteiger partial charge on any atom is 0.169 e. The van der Waals surface area contributed by atoms with Crippen LogP contribution in [0.25, 0.3) is 0 Å². The Balaban J connectivity index is 2.12. The van der Waals surface area contributed by atoms with Crippen molar-refractivity contribution in [3.8, 4) is 0 Å². The van der Waals surface area contributed by atoms with E-state index >= 15 is 0 Å². The van der Waals surface area contributed by atoms with Crippen molar-refractivity contribution in [3.05, 3.63) is 59.9 Å². The molecule has 0 bridgehead atoms. The molecular formula is C18H24N4S. The molecule has 0 amide bonds. The molecule has 1 aromatic heterocycles. The molecule has 1 N–H and O–H groups in total. The minimum atomic E-state index is 0.745. The molecule has 2 rings (SSSR count). The quantitative estimate of drug-likeness (QED) is 0.824. The van der Waals surface area contributed by atoms with Crippen LogP contribution in [0.3, 0.4) is 0 Å². The summed E-state index contributed by atoms with van der Waals surface area (Å²) in [7, 11) is 4.09. The average Bonchev–Trinajstić information content (AvgIpc) is 2.56. The van der Waals surface area contributed by atoms with Crippen molar-refractivity contribution in [2.45, 2.75) is 20.0 Å². The molecule has 2 aromatic rings. The zero-order valence-corrected chi connectivity index (χ0v) is 14.8. The van der Waals surface area contributed by atoms with E-state index in [0.29, 0.717) is 0 Å². The van der Waals surface area contributed by atoms with E-state index in [4.69, 9.17) is 12.2 Å². The number of aromatic nitrogens is 1. The van der Waals surface area contributed by atoms with Gasteiger partial charge in [0, 0.05) is 51.8 Å². The number of nitrogens with zero attached hydrogens (tertiary/aromatic N) is 3. The Morgan fingerprint density at radius 3 is 2.35 bits per heavy atom. The van der Waals surface area contributed by atoms with Gasteiger partial charge in [-0.15, -0.1) is 0 Å². The zero-order chi connectivity index (χ0) is 16.7. The van der Waals surface area contributed by atoms with Gasteiger partial charge >= 0.3 is 0 Å². The first kappa shape index (κ1) is 17.2. The van der Waals surface area contributed by atoms with Gasteiger partial charge in [-0.25, -0.2) is 0 Å². The highest BCUT2D eigenvalue weighted by Crippen LogP contribution is 2.15. The molecule has 0 fully saturated rings. The monoisotopic (exact) mass is 328 g/mol. The summed E-state index contributed by atoms with van der Waals surface area (Å²) in [5, 5.41) is 4.02. The predicted octanol–water partition coefficient (Wildman–Crippen LogP) is 3.04. The van der Waals surface area contributed by atoms with Crippen molar-refractivity contribution >= 4 is 23.0 Å². The first-order chi connectivity index (χ1) is 11.1. The topological polar surface area (TPSA) is 31.4 Å². The first-order valence-corrected chi connectivity index (χ1v) is 8.19. The number of benzene rings is 1. The van der Waals surface area contributed by atoms with Crippen LogP contribution < -0.4 is 10.2 Å². The Hall–Kier alpha value is -2.14. The van der Waals surface area contributed by atoms with Crippen LogP contribution in [0.5, 0.6) is 0 Å². The van der Waals surface area contributed by atoms with Crippen LogP contribution in [0.4, 0.5) is 5.69 Å². The Bertz CT molecular complexity index is 611. The highest BCUT2D eigenvalue weighted by atomic mass is 32.1. The molecule has 5 heteroatoms. The third-order valence-corrected chi connectivity index (χ3v) is 3.94. The molecule has 1 aromatic carbocycles. The molecular weight excluding hydrogens is 304 g/mol. The second kappa shape index (κ2) is 8.48. The molecule has 4 nitrogen and oxygen atoms in total. The summed E-state index contributed by atoms with van der Waals surface area (Å²) in [6.45, 7) is 4.39. The molecule has 0 radical (unpaired) electrons. The molecule has 1 heterocycles. The summed E-state index contributed by atoms with van der Waals surface area (Å²) in [6, 6.07) is 12.6. The summed E-state index contributed by atoms with van der Waals surface area (Å²) in [6.07, 6.45) is 3.67. The van der Waals surface area contributed by atoms with Crippen LogP contribution in [0.2, 0.25) is 0 Å². The van der Waals surface area contributed by atoms with Crippen LogP contribution >= 0.6 is 12.2 Å². The van der Waals surface area contributed by atoms with Crippen LogP contribution in [0.15, 0.2) is 48.8 Å². The van der Waals surface area contributed by atoms with Crippen molar-refractivity contribution < 1.29 is 0 Å². The molecule has 0 aliphatic heterocycles. The number of thiocarbonyl (C=S) groups is 1. The summed E-state index contributed by atoms with van der Waals surface area (Å²) >= 11 is 5.53. The Morgan fingerprint density at radius 1 is 1.09 bits per heavy atom. The van der Waals surface area contributed by atoms with Gasteiger partial charge < -0.3 is 15.1 Å². The van der Waals surface area contributed by atoms with Crippen LogP contribution in [0, 0.1) is 0 Å². The van der Waals surface area contributed by atoms with Gasteiger partial charge in [-0.1, -0.05) is 18.2 Å². The van der Waals surface area contributed by atoms with Gasteiger partial charge in [0.2, 0.25) is 0 Å². The minimum Gasteiger partial charge on any atom is -0.378 e. The molecule has 0 aliphatic rings. The number of nitrogens with one attached hydrogen (secondary N) is 1. The van der Waals surface area contributed by atoms with Gasteiger partial charge in [0.25, 0.3) is 0 Å². The van der Waals surface area contributed by atoms with Gasteiger partial charge in [-0.2, -0.15) is 0 Å². The Kier molecular flexibility index (Phi) is 6.35. The lowest BCUT2D eigenvalue weighted by Crippen LogP contribution is -2.38. The van der Waals surface area contributed by atoms with E-state index in [1.807, 2.05) is 26.4 Å². The van der Waals surface area contributed by atoms with Crippen molar-refractivity contribution in [3.63, 3.8) is 0 Å². The maximum absolute atomic E-state index is 5.53. The summed E-state index contributed by atoms with van der Waals surface area (Å²) in [5.74, 6) is 0. The molecule has 122 valence electrons. The SMILES string of the molecule is CCNC(=S)N(Cc1ccc(N(C)C)cc1)Cc1cccnc1. The third-order valence-electron chi connectivity index (χ3n) is 3.54. The Labute approximate surface area is 144 Å². The number of hydrogen-bond donors (Lipinski definition) is 1. The normalized spacial score (nSPS) is 10.2. The fourth-order valence-corrected chi connectivity index (χ4v) is 2.57. The fraction of sp³-hybridized carbons (Fsp3) is 0.333. The molecule has 0 aliphatic carbocycles. The average molecular weight is 328 g/mol. The van der Waals surface area contributed by atoms with Gasteiger partial charge in [-0.05, 0) is 48.5 Å². The van der Waals surface area contributed by atoms with Gasteiger partial charge in [0.15, 0.2) is 5.11 Å². The zero-order valence-electron chi connectivity index (χ0n) is 14.0. The van der Waals surface area contributed by atoms with E-state index in [0.717, 1.165) is 30.3 Å². The van der Waals surface area contributed by atoms with Crippen molar-refractivity contribution in [1.82, 2.24) is 15.2 Å². The summed E-state index contributed by atoms with van der Waals surface area (Å²) in [4.78, 5) is 8.45. The molecule has 0 saturated heterocycles. The van der Waals surface area contributed by atoms with Crippen molar-refractivity contribution in [2.24, 2.45) is 0 Å². The Morgan fingerprint density at radius 2 is 1.78 bits per heavy atom. The number of rotatable bonds is 6. The van der Waals surface area contributed by atoms with Crippen LogP contribution in [0.1, 0.15) is 18.1 Å². The first-order valence-electron chi connectivity index (χ1n) is 7.78. The highest BCUT2D eigenvalue weighted by molar-refractivity contribution is 7.80. The molecule has 0 atom stereocenters.